The van der Waals surface area contributed by atoms with Gasteiger partial charge in [-0.2, -0.15) is 0 Å². The van der Waals surface area contributed by atoms with E-state index >= 15 is 0 Å². The summed E-state index contributed by atoms with van der Waals surface area (Å²) in [5.74, 6) is -1.03. The topological polar surface area (TPSA) is 114 Å². The van der Waals surface area contributed by atoms with Crippen molar-refractivity contribution in [3.8, 4) is 0 Å². The van der Waals surface area contributed by atoms with Gasteiger partial charge in [-0.25, -0.2) is 13.1 Å². The van der Waals surface area contributed by atoms with Gasteiger partial charge in [0.15, 0.2) is 0 Å². The first-order valence-electron chi connectivity index (χ1n) is 13.8. The summed E-state index contributed by atoms with van der Waals surface area (Å²) in [7, 11) is -4.04. The van der Waals surface area contributed by atoms with Crippen molar-refractivity contribution < 1.29 is 27.5 Å². The standard InChI is InChI=1S/C31H37N3O6S/c1-3-40-31(36)26-15-10-18-34(20-26)28-17-16-27(32-30(35)22-39-21-24-11-6-4-7-12-24)19-29(28)41(37,38)33-23(2)25-13-8-5-9-14-25/h4-9,11-14,16-17,19,23,26,33H,3,10,15,18,20-22H2,1-2H3,(H,32,35). The van der Waals surface area contributed by atoms with Gasteiger partial charge in [0.1, 0.15) is 11.5 Å². The zero-order chi connectivity index (χ0) is 29.2. The number of esters is 1. The third-order valence-electron chi connectivity index (χ3n) is 6.89. The highest BCUT2D eigenvalue weighted by molar-refractivity contribution is 7.89. The summed E-state index contributed by atoms with van der Waals surface area (Å²) in [5.41, 5.74) is 2.55. The molecule has 0 aliphatic carbocycles. The first-order valence-corrected chi connectivity index (χ1v) is 15.3. The molecule has 0 saturated carbocycles. The lowest BCUT2D eigenvalue weighted by atomic mass is 9.97. The number of hydrogen-bond acceptors (Lipinski definition) is 7. The Labute approximate surface area is 241 Å². The number of anilines is 2. The van der Waals surface area contributed by atoms with Crippen LogP contribution in [0.25, 0.3) is 0 Å². The van der Waals surface area contributed by atoms with E-state index in [4.69, 9.17) is 9.47 Å². The molecular formula is C31H37N3O6S. The molecule has 2 N–H and O–H groups in total. The quantitative estimate of drug-likeness (QED) is 0.300. The smallest absolute Gasteiger partial charge is 0.310 e. The largest absolute Gasteiger partial charge is 0.466 e. The second-order valence-electron chi connectivity index (χ2n) is 10.00. The average Bonchev–Trinajstić information content (AvgIpc) is 2.98. The summed E-state index contributed by atoms with van der Waals surface area (Å²) in [4.78, 5) is 27.0. The number of nitrogens with one attached hydrogen (secondary N) is 2. The van der Waals surface area contributed by atoms with Crippen LogP contribution in [0.15, 0.2) is 83.8 Å². The van der Waals surface area contributed by atoms with Gasteiger partial charge in [0.05, 0.1) is 24.8 Å². The number of nitrogens with zero attached hydrogens (tertiary/aromatic N) is 1. The molecular weight excluding hydrogens is 542 g/mol. The van der Waals surface area contributed by atoms with Crippen molar-refractivity contribution in [1.82, 2.24) is 4.72 Å². The number of benzene rings is 3. The lowest BCUT2D eigenvalue weighted by Gasteiger charge is -2.34. The Balaban J connectivity index is 1.56. The predicted octanol–water partition coefficient (Wildman–Crippen LogP) is 4.66. The van der Waals surface area contributed by atoms with Crippen LogP contribution >= 0.6 is 0 Å². The Hall–Kier alpha value is -3.73. The van der Waals surface area contributed by atoms with Gasteiger partial charge in [-0.15, -0.1) is 0 Å². The summed E-state index contributed by atoms with van der Waals surface area (Å²) in [6.45, 7) is 4.86. The maximum absolute atomic E-state index is 13.8. The Kier molecular flexibility index (Phi) is 10.5. The Morgan fingerprint density at radius 2 is 1.73 bits per heavy atom. The Morgan fingerprint density at radius 3 is 2.44 bits per heavy atom. The van der Waals surface area contributed by atoms with Gasteiger partial charge in [0.2, 0.25) is 15.9 Å². The molecule has 1 saturated heterocycles. The summed E-state index contributed by atoms with van der Waals surface area (Å²) in [6, 6.07) is 23.1. The Bertz CT molecular complexity index is 1420. The van der Waals surface area contributed by atoms with Crippen LogP contribution in [0.3, 0.4) is 0 Å². The summed E-state index contributed by atoms with van der Waals surface area (Å²) in [5, 5.41) is 2.75. The molecule has 0 spiro atoms. The second-order valence-corrected chi connectivity index (χ2v) is 11.7. The van der Waals surface area contributed by atoms with E-state index in [0.29, 0.717) is 43.9 Å². The van der Waals surface area contributed by atoms with Crippen molar-refractivity contribution in [1.29, 1.82) is 0 Å². The van der Waals surface area contributed by atoms with Crippen LogP contribution < -0.4 is 14.9 Å². The predicted molar refractivity (Wildman–Crippen MR) is 158 cm³/mol. The van der Waals surface area contributed by atoms with Crippen LogP contribution in [0, 0.1) is 5.92 Å². The molecule has 218 valence electrons. The van der Waals surface area contributed by atoms with Crippen molar-refractivity contribution in [2.24, 2.45) is 5.92 Å². The van der Waals surface area contributed by atoms with Crippen LogP contribution in [-0.4, -0.2) is 46.6 Å². The normalized spacial score (nSPS) is 16.1. The number of amides is 1. The lowest BCUT2D eigenvalue weighted by Crippen LogP contribution is -2.40. The van der Waals surface area contributed by atoms with Gasteiger partial charge in [0, 0.05) is 24.8 Å². The molecule has 1 aliphatic rings. The van der Waals surface area contributed by atoms with Gasteiger partial charge in [-0.05, 0) is 56.0 Å². The molecule has 3 aromatic rings. The summed E-state index contributed by atoms with van der Waals surface area (Å²) < 4.78 is 41.1. The van der Waals surface area contributed by atoms with E-state index in [0.717, 1.165) is 11.1 Å². The van der Waals surface area contributed by atoms with Gasteiger partial charge in [-0.3, -0.25) is 9.59 Å². The molecule has 1 amide bonds. The van der Waals surface area contributed by atoms with E-state index in [1.165, 1.54) is 6.07 Å². The maximum Gasteiger partial charge on any atom is 0.310 e. The molecule has 41 heavy (non-hydrogen) atoms. The third kappa shape index (κ3) is 8.39. The molecule has 0 aromatic heterocycles. The third-order valence-corrected chi connectivity index (χ3v) is 8.46. The molecule has 0 bridgehead atoms. The number of piperidine rings is 1. The van der Waals surface area contributed by atoms with Crippen LogP contribution in [0.1, 0.15) is 43.9 Å². The Morgan fingerprint density at radius 1 is 1.02 bits per heavy atom. The first-order chi connectivity index (χ1) is 19.8. The fourth-order valence-corrected chi connectivity index (χ4v) is 6.34. The van der Waals surface area contributed by atoms with Gasteiger partial charge in [0.25, 0.3) is 0 Å². The van der Waals surface area contributed by atoms with Crippen molar-refractivity contribution >= 4 is 33.3 Å². The molecule has 2 unspecified atom stereocenters. The number of sulfonamides is 1. The molecule has 9 nitrogen and oxygen atoms in total. The van der Waals surface area contributed by atoms with Gasteiger partial charge < -0.3 is 19.7 Å². The van der Waals surface area contributed by atoms with E-state index in [1.807, 2.05) is 65.6 Å². The number of carbonyl (C=O) groups is 2. The molecule has 2 atom stereocenters. The van der Waals surface area contributed by atoms with E-state index in [2.05, 4.69) is 10.0 Å². The SMILES string of the molecule is CCOC(=O)C1CCCN(c2ccc(NC(=O)COCc3ccccc3)cc2S(=O)(=O)NC(C)c2ccccc2)C1. The molecule has 1 heterocycles. The van der Waals surface area contributed by atoms with E-state index in [-0.39, 0.29) is 30.0 Å². The van der Waals surface area contributed by atoms with E-state index in [9.17, 15) is 18.0 Å². The summed E-state index contributed by atoms with van der Waals surface area (Å²) in [6.07, 6.45) is 1.39. The zero-order valence-electron chi connectivity index (χ0n) is 23.4. The molecule has 4 rings (SSSR count). The van der Waals surface area contributed by atoms with Crippen molar-refractivity contribution in [2.75, 3.05) is 36.5 Å². The van der Waals surface area contributed by atoms with Crippen molar-refractivity contribution in [2.45, 2.75) is 44.2 Å². The van der Waals surface area contributed by atoms with Crippen LogP contribution in [0.5, 0.6) is 0 Å². The number of carbonyl (C=O) groups excluding carboxylic acids is 2. The van der Waals surface area contributed by atoms with Gasteiger partial charge >= 0.3 is 5.97 Å². The molecule has 3 aromatic carbocycles. The molecule has 10 heteroatoms. The highest BCUT2D eigenvalue weighted by Crippen LogP contribution is 2.33. The van der Waals surface area contributed by atoms with Crippen molar-refractivity contribution in [3.63, 3.8) is 0 Å². The molecule has 1 fully saturated rings. The highest BCUT2D eigenvalue weighted by atomic mass is 32.2. The van der Waals surface area contributed by atoms with E-state index in [1.54, 1.807) is 26.0 Å². The lowest BCUT2D eigenvalue weighted by molar-refractivity contribution is -0.148. The monoisotopic (exact) mass is 579 g/mol. The van der Waals surface area contributed by atoms with Gasteiger partial charge in [-0.1, -0.05) is 60.7 Å². The minimum atomic E-state index is -4.04. The van der Waals surface area contributed by atoms with Crippen LogP contribution in [0.2, 0.25) is 0 Å². The molecule has 0 radical (unpaired) electrons. The summed E-state index contributed by atoms with van der Waals surface area (Å²) >= 11 is 0. The number of hydrogen-bond donors (Lipinski definition) is 2. The fraction of sp³-hybridized carbons (Fsp3) is 0.355. The van der Waals surface area contributed by atoms with Crippen molar-refractivity contribution in [3.05, 3.63) is 90.0 Å². The minimum Gasteiger partial charge on any atom is -0.466 e. The van der Waals surface area contributed by atoms with Crippen LogP contribution in [0.4, 0.5) is 11.4 Å². The fourth-order valence-electron chi connectivity index (χ4n) is 4.86. The number of ether oxygens (including phenoxy) is 2. The number of rotatable bonds is 12. The highest BCUT2D eigenvalue weighted by Gasteiger charge is 2.31. The van der Waals surface area contributed by atoms with E-state index < -0.39 is 22.0 Å². The zero-order valence-corrected chi connectivity index (χ0v) is 24.2. The second kappa shape index (κ2) is 14.2. The van der Waals surface area contributed by atoms with Crippen LogP contribution in [-0.2, 0) is 35.7 Å². The first kappa shape index (κ1) is 30.2. The average molecular weight is 580 g/mol. The molecule has 1 aliphatic heterocycles. The maximum atomic E-state index is 13.8. The minimum absolute atomic E-state index is 0.0211.